The molecule has 0 radical (unpaired) electrons. The molecular weight excluding hydrogens is 554 g/mol. The molecule has 1 aromatic rings. The van der Waals surface area contributed by atoms with Crippen LogP contribution in [0.2, 0.25) is 0 Å². The van der Waals surface area contributed by atoms with Gasteiger partial charge in [0.15, 0.2) is 12.1 Å². The Morgan fingerprint density at radius 2 is 1.74 bits per heavy atom. The Hall–Kier alpha value is -1.99. The zero-order valence-corrected chi connectivity index (χ0v) is 26.9. The van der Waals surface area contributed by atoms with Crippen molar-refractivity contribution in [3.8, 4) is 0 Å². The van der Waals surface area contributed by atoms with Crippen molar-refractivity contribution in [2.24, 2.45) is 17.8 Å². The van der Waals surface area contributed by atoms with Gasteiger partial charge in [0.2, 0.25) is 5.79 Å². The van der Waals surface area contributed by atoms with Crippen LogP contribution in [0.4, 0.5) is 0 Å². The zero-order chi connectivity index (χ0) is 31.5. The lowest BCUT2D eigenvalue weighted by atomic mass is 9.78. The summed E-state index contributed by atoms with van der Waals surface area (Å²) in [5.74, 6) is -3.03. The molecule has 1 aromatic heterocycles. The van der Waals surface area contributed by atoms with E-state index in [0.717, 1.165) is 0 Å². The lowest BCUT2D eigenvalue weighted by Crippen LogP contribution is -2.59. The molecule has 11 nitrogen and oxygen atoms in total. The molecule has 4 aliphatic heterocycles. The van der Waals surface area contributed by atoms with Crippen molar-refractivity contribution in [2.45, 2.75) is 128 Å². The molecule has 11 heteroatoms. The fourth-order valence-corrected chi connectivity index (χ4v) is 7.71. The predicted octanol–water partition coefficient (Wildman–Crippen LogP) is 2.94. The first-order valence-corrected chi connectivity index (χ1v) is 15.6. The fraction of sp³-hybridized carbons (Fsp3) is 0.781. The highest BCUT2D eigenvalue weighted by Gasteiger charge is 2.66. The van der Waals surface area contributed by atoms with Crippen LogP contribution in [0.3, 0.4) is 0 Å². The molecule has 3 bridgehead atoms. The van der Waals surface area contributed by atoms with Crippen LogP contribution >= 0.6 is 0 Å². The van der Waals surface area contributed by atoms with Crippen molar-refractivity contribution in [3.05, 3.63) is 30.4 Å². The highest BCUT2D eigenvalue weighted by Crippen LogP contribution is 2.58. The number of ether oxygens (including phenoxy) is 5. The molecule has 3 unspecified atom stereocenters. The third kappa shape index (κ3) is 5.55. The van der Waals surface area contributed by atoms with Crippen LogP contribution in [0, 0.1) is 17.8 Å². The third-order valence-electron chi connectivity index (χ3n) is 10.1. The number of likely N-dealkylation sites (N-methyl/N-ethyl adjacent to an activating group) is 1. The first-order chi connectivity index (χ1) is 20.2. The molecular formula is C32H49N3O8. The van der Waals surface area contributed by atoms with E-state index >= 15 is 0 Å². The molecule has 1 spiro atoms. The number of aromatic nitrogens is 2. The van der Waals surface area contributed by atoms with E-state index in [9.17, 15) is 15.0 Å². The first-order valence-electron chi connectivity index (χ1n) is 15.6. The van der Waals surface area contributed by atoms with Gasteiger partial charge in [-0.15, -0.1) is 0 Å². The maximum atomic E-state index is 13.5. The predicted molar refractivity (Wildman–Crippen MR) is 157 cm³/mol. The second-order valence-corrected chi connectivity index (χ2v) is 13.7. The second-order valence-electron chi connectivity index (χ2n) is 13.7. The molecule has 240 valence electrons. The molecule has 3 saturated heterocycles. The van der Waals surface area contributed by atoms with E-state index in [1.54, 1.807) is 25.4 Å². The quantitative estimate of drug-likeness (QED) is 0.482. The second kappa shape index (κ2) is 11.7. The molecule has 0 aliphatic carbocycles. The lowest BCUT2D eigenvalue weighted by molar-refractivity contribution is -0.324. The summed E-state index contributed by atoms with van der Waals surface area (Å²) in [6.45, 7) is 13.3. The van der Waals surface area contributed by atoms with Crippen molar-refractivity contribution in [3.63, 3.8) is 0 Å². The van der Waals surface area contributed by atoms with Gasteiger partial charge in [-0.25, -0.2) is 9.97 Å². The van der Waals surface area contributed by atoms with E-state index in [-0.39, 0.29) is 18.1 Å². The van der Waals surface area contributed by atoms with Crippen LogP contribution in [-0.4, -0.2) is 105 Å². The summed E-state index contributed by atoms with van der Waals surface area (Å²) in [5, 5.41) is 23.0. The van der Waals surface area contributed by atoms with Crippen LogP contribution in [-0.2, 0) is 28.5 Å². The first kappa shape index (κ1) is 32.4. The molecule has 5 heterocycles. The van der Waals surface area contributed by atoms with Gasteiger partial charge in [0.25, 0.3) is 0 Å². The maximum Gasteiger partial charge on any atom is 0.311 e. The molecule has 43 heavy (non-hydrogen) atoms. The normalized spacial score (nSPS) is 47.1. The number of esters is 1. The Morgan fingerprint density at radius 1 is 1.07 bits per heavy atom. The van der Waals surface area contributed by atoms with Crippen molar-refractivity contribution >= 4 is 11.5 Å². The smallest absolute Gasteiger partial charge is 0.311 e. The monoisotopic (exact) mass is 603 g/mol. The van der Waals surface area contributed by atoms with E-state index in [4.69, 9.17) is 23.7 Å². The Balaban J connectivity index is 1.62. The number of hydrogen-bond donors (Lipinski definition) is 2. The molecule has 4 aliphatic rings. The van der Waals surface area contributed by atoms with E-state index in [1.807, 2.05) is 59.7 Å². The maximum absolute atomic E-state index is 13.5. The number of cyclic esters (lactones) is 1. The molecule has 5 rings (SSSR count). The zero-order valence-electron chi connectivity index (χ0n) is 26.9. The van der Waals surface area contributed by atoms with E-state index in [2.05, 4.69) is 16.9 Å². The number of rotatable bonds is 5. The minimum Gasteiger partial charge on any atom is -0.459 e. The summed E-state index contributed by atoms with van der Waals surface area (Å²) < 4.78 is 33.0. The molecule has 2 N–H and O–H groups in total. The third-order valence-corrected chi connectivity index (χ3v) is 10.1. The summed E-state index contributed by atoms with van der Waals surface area (Å²) in [5.41, 5.74) is -1.42. The number of aliphatic hydroxyl groups excluding tert-OH is 2. The summed E-state index contributed by atoms with van der Waals surface area (Å²) in [4.78, 5) is 24.6. The molecule has 0 saturated carbocycles. The van der Waals surface area contributed by atoms with E-state index in [1.165, 1.54) is 0 Å². The van der Waals surface area contributed by atoms with Gasteiger partial charge in [-0.3, -0.25) is 4.79 Å². The van der Waals surface area contributed by atoms with Gasteiger partial charge in [-0.1, -0.05) is 20.8 Å². The van der Waals surface area contributed by atoms with Crippen molar-refractivity contribution < 1.29 is 38.7 Å². The highest BCUT2D eigenvalue weighted by atomic mass is 16.8. The summed E-state index contributed by atoms with van der Waals surface area (Å²) in [6, 6.07) is 1.56. The van der Waals surface area contributed by atoms with Crippen molar-refractivity contribution in [2.75, 3.05) is 14.1 Å². The molecule has 0 aromatic carbocycles. The van der Waals surface area contributed by atoms with Gasteiger partial charge in [0.05, 0.1) is 35.4 Å². The summed E-state index contributed by atoms with van der Waals surface area (Å²) in [6.07, 6.45) is 2.23. The summed E-state index contributed by atoms with van der Waals surface area (Å²) >= 11 is 0. The Labute approximate surface area is 254 Å². The average Bonchev–Trinajstić information content (AvgIpc) is 3.41. The van der Waals surface area contributed by atoms with Crippen LogP contribution in [0.1, 0.15) is 73.6 Å². The fourth-order valence-electron chi connectivity index (χ4n) is 7.71. The minimum atomic E-state index is -1.28. The van der Waals surface area contributed by atoms with Crippen LogP contribution in [0.25, 0.3) is 5.57 Å². The molecule has 0 amide bonds. The Kier molecular flexibility index (Phi) is 8.85. The van der Waals surface area contributed by atoms with Gasteiger partial charge in [-0.2, -0.15) is 0 Å². The number of fused-ring (bicyclic) bond motifs is 2. The van der Waals surface area contributed by atoms with Crippen molar-refractivity contribution in [1.29, 1.82) is 0 Å². The number of nitrogens with zero attached hydrogens (tertiary/aromatic N) is 3. The molecule has 3 fully saturated rings. The Morgan fingerprint density at radius 3 is 2.37 bits per heavy atom. The highest BCUT2D eigenvalue weighted by molar-refractivity contribution is 5.74. The van der Waals surface area contributed by atoms with Crippen LogP contribution in [0.5, 0.6) is 0 Å². The van der Waals surface area contributed by atoms with Gasteiger partial charge < -0.3 is 38.8 Å². The number of carbonyl (C=O) groups is 1. The van der Waals surface area contributed by atoms with Gasteiger partial charge in [-0.05, 0) is 73.2 Å². The average molecular weight is 604 g/mol. The molecule has 13 atom stereocenters. The van der Waals surface area contributed by atoms with Crippen LogP contribution in [0.15, 0.2) is 24.5 Å². The standard InChI is InChI=1S/C32H49N3O8/c1-10-23-30(6)16-21(27-33-12-11-13-34-27)32(42-30)17(2)15-31(7,43-32)26(19(4)24(36)20(5)28(38)40-23)41-29-25(37)22(35(8)9)14-18(3)39-29/h11-13,16-20,22-26,29,36-37H,10,14-15H2,1-9H3/t17?,18-,19+,20-,22+,23-,24+,25-,26-,29+,30?,31-,32?/m1/s1. The Bertz CT molecular complexity index is 1200. The number of hydrogen-bond acceptors (Lipinski definition) is 11. The topological polar surface area (TPSA) is 133 Å². The largest absolute Gasteiger partial charge is 0.459 e. The SMILES string of the molecule is CC[C@H]1OC(=O)[C@H](C)[C@@H](O)[C@H](C)[C@@H](O[C@@H]2O[C@H](C)C[C@H](N(C)C)[C@H]2O)[C@@]2(C)CC(C)C3(OC1(C)C=C3c1ncccn1)O2. The van der Waals surface area contributed by atoms with Gasteiger partial charge >= 0.3 is 5.97 Å². The van der Waals surface area contributed by atoms with Crippen molar-refractivity contribution in [1.82, 2.24) is 14.9 Å². The van der Waals surface area contributed by atoms with Gasteiger partial charge in [0.1, 0.15) is 17.8 Å². The lowest BCUT2D eigenvalue weighted by Gasteiger charge is -2.47. The number of aliphatic hydroxyl groups is 2. The summed E-state index contributed by atoms with van der Waals surface area (Å²) in [7, 11) is 3.84. The van der Waals surface area contributed by atoms with Crippen LogP contribution < -0.4 is 0 Å². The van der Waals surface area contributed by atoms with Gasteiger partial charge in [0, 0.05) is 30.3 Å². The minimum absolute atomic E-state index is 0.168. The van der Waals surface area contributed by atoms with E-state index < -0.39 is 65.5 Å². The number of carbonyl (C=O) groups excluding carboxylic acids is 1. The van der Waals surface area contributed by atoms with E-state index in [0.29, 0.717) is 30.7 Å².